The Kier molecular flexibility index (Phi) is 2.65. The normalized spacial score (nSPS) is 16.7. The Hall–Kier alpha value is -1.09. The van der Waals surface area contributed by atoms with Crippen molar-refractivity contribution in [1.82, 2.24) is 0 Å². The van der Waals surface area contributed by atoms with Crippen molar-refractivity contribution in [3.63, 3.8) is 0 Å². The van der Waals surface area contributed by atoms with Gasteiger partial charge in [-0.3, -0.25) is 4.79 Å². The predicted octanol–water partition coefficient (Wildman–Crippen LogP) is 1.18. The van der Waals surface area contributed by atoms with Crippen LogP contribution in [0.2, 0.25) is 0 Å². The molecule has 0 aromatic rings. The molecule has 1 aliphatic rings. The molecule has 0 aromatic heterocycles. The van der Waals surface area contributed by atoms with Crippen molar-refractivity contribution >= 4 is 23.4 Å². The summed E-state index contributed by atoms with van der Waals surface area (Å²) >= 11 is 5.66. The Morgan fingerprint density at radius 2 is 2.25 bits per heavy atom. The van der Waals surface area contributed by atoms with Gasteiger partial charge < -0.3 is 4.74 Å². The van der Waals surface area contributed by atoms with Crippen molar-refractivity contribution < 1.29 is 14.3 Å². The van der Waals surface area contributed by atoms with Crippen molar-refractivity contribution in [1.29, 1.82) is 0 Å². The number of methoxy groups -OCH3 is 1. The number of carbonyl (C=O) groups excluding carboxylic acids is 2. The summed E-state index contributed by atoms with van der Waals surface area (Å²) in [4.78, 5) is 21.7. The second-order valence-corrected chi connectivity index (χ2v) is 2.74. The van der Waals surface area contributed by atoms with Gasteiger partial charge in [-0.25, -0.2) is 4.79 Å². The molecule has 0 aliphatic heterocycles. The molecule has 1 rings (SSSR count). The molecule has 0 saturated heterocycles. The van der Waals surface area contributed by atoms with Crippen LogP contribution in [0.3, 0.4) is 0 Å². The van der Waals surface area contributed by atoms with E-state index in [9.17, 15) is 9.59 Å². The number of carbonyl (C=O) groups is 2. The van der Waals surface area contributed by atoms with Crippen LogP contribution in [0.15, 0.2) is 22.8 Å². The van der Waals surface area contributed by atoms with E-state index in [0.29, 0.717) is 0 Å². The molecule has 0 heterocycles. The van der Waals surface area contributed by atoms with Gasteiger partial charge in [-0.2, -0.15) is 0 Å². The van der Waals surface area contributed by atoms with Crippen molar-refractivity contribution in [3.8, 4) is 0 Å². The second-order valence-electron chi connectivity index (χ2n) is 2.29. The molecule has 64 valence electrons. The molecule has 0 bridgehead atoms. The summed E-state index contributed by atoms with van der Waals surface area (Å²) in [6.07, 6.45) is 2.78. The molecule has 12 heavy (non-hydrogen) atoms. The first-order valence-corrected chi connectivity index (χ1v) is 3.71. The molecule has 0 unspecified atom stereocenters. The van der Waals surface area contributed by atoms with E-state index < -0.39 is 5.97 Å². The summed E-state index contributed by atoms with van der Waals surface area (Å²) in [5.41, 5.74) is 0.263. The third kappa shape index (κ3) is 1.74. The summed E-state index contributed by atoms with van der Waals surface area (Å²) in [6.45, 7) is 0. The quantitative estimate of drug-likeness (QED) is 0.578. The molecule has 0 spiro atoms. The van der Waals surface area contributed by atoms with Crippen LogP contribution in [0, 0.1) is 0 Å². The zero-order valence-electron chi connectivity index (χ0n) is 6.46. The molecule has 0 saturated carbocycles. The molecule has 1 aliphatic carbocycles. The Bertz CT molecular complexity index is 289. The number of halogens is 1. The maximum absolute atomic E-state index is 11.0. The van der Waals surface area contributed by atoms with Crippen LogP contribution in [0.4, 0.5) is 0 Å². The van der Waals surface area contributed by atoms with E-state index >= 15 is 0 Å². The van der Waals surface area contributed by atoms with Gasteiger partial charge in [0.1, 0.15) is 0 Å². The standard InChI is InChI=1S/C8H7ClO3/c1-12-8(11)6-3-2-5(10)4-7(6)9/h2-3H,4H2,1H3. The van der Waals surface area contributed by atoms with E-state index in [1.165, 1.54) is 19.3 Å². The summed E-state index contributed by atoms with van der Waals surface area (Å²) in [6, 6.07) is 0. The van der Waals surface area contributed by atoms with Gasteiger partial charge in [0.2, 0.25) is 0 Å². The van der Waals surface area contributed by atoms with Gasteiger partial charge in [-0.1, -0.05) is 11.6 Å². The Labute approximate surface area is 74.6 Å². The lowest BCUT2D eigenvalue weighted by atomic mass is 10.1. The molecule has 3 nitrogen and oxygen atoms in total. The zero-order valence-corrected chi connectivity index (χ0v) is 7.22. The van der Waals surface area contributed by atoms with Crippen LogP contribution < -0.4 is 0 Å². The van der Waals surface area contributed by atoms with Crippen LogP contribution >= 0.6 is 11.6 Å². The third-order valence-corrected chi connectivity index (χ3v) is 1.80. The molecule has 0 radical (unpaired) electrons. The van der Waals surface area contributed by atoms with E-state index in [2.05, 4.69) is 4.74 Å². The second kappa shape index (κ2) is 3.54. The van der Waals surface area contributed by atoms with E-state index in [-0.39, 0.29) is 22.8 Å². The van der Waals surface area contributed by atoms with Gasteiger partial charge in [0.15, 0.2) is 5.78 Å². The molecule has 0 aromatic carbocycles. The van der Waals surface area contributed by atoms with Crippen molar-refractivity contribution in [3.05, 3.63) is 22.8 Å². The smallest absolute Gasteiger partial charge is 0.339 e. The highest BCUT2D eigenvalue weighted by Crippen LogP contribution is 2.20. The number of ketones is 1. The molecular weight excluding hydrogens is 180 g/mol. The average Bonchev–Trinajstić information content (AvgIpc) is 2.03. The molecule has 0 N–H and O–H groups in total. The predicted molar refractivity (Wildman–Crippen MR) is 43.7 cm³/mol. The molecule has 4 heteroatoms. The molecule has 0 fully saturated rings. The third-order valence-electron chi connectivity index (χ3n) is 1.46. The van der Waals surface area contributed by atoms with Gasteiger partial charge in [0.05, 0.1) is 12.7 Å². The molecule has 0 atom stereocenters. The maximum Gasteiger partial charge on any atom is 0.339 e. The first-order chi connectivity index (χ1) is 5.65. The topological polar surface area (TPSA) is 43.4 Å². The highest BCUT2D eigenvalue weighted by Gasteiger charge is 2.17. The minimum absolute atomic E-state index is 0.0858. The Morgan fingerprint density at radius 1 is 1.58 bits per heavy atom. The van der Waals surface area contributed by atoms with Crippen LogP contribution in [0.1, 0.15) is 6.42 Å². The highest BCUT2D eigenvalue weighted by molar-refractivity contribution is 6.34. The average molecular weight is 187 g/mol. The monoisotopic (exact) mass is 186 g/mol. The first-order valence-electron chi connectivity index (χ1n) is 3.33. The van der Waals surface area contributed by atoms with Gasteiger partial charge >= 0.3 is 5.97 Å². The minimum Gasteiger partial charge on any atom is -0.465 e. The fourth-order valence-corrected chi connectivity index (χ4v) is 1.13. The van der Waals surface area contributed by atoms with Crippen LogP contribution in [0.5, 0.6) is 0 Å². The van der Waals surface area contributed by atoms with Gasteiger partial charge in [-0.15, -0.1) is 0 Å². The maximum atomic E-state index is 11.0. The van der Waals surface area contributed by atoms with Crippen molar-refractivity contribution in [2.45, 2.75) is 6.42 Å². The number of ether oxygens (including phenoxy) is 1. The summed E-state index contributed by atoms with van der Waals surface area (Å²) in [5, 5.41) is 0.245. The largest absolute Gasteiger partial charge is 0.465 e. The van der Waals surface area contributed by atoms with Crippen molar-refractivity contribution in [2.24, 2.45) is 0 Å². The molecular formula is C8H7ClO3. The SMILES string of the molecule is COC(=O)C1=C(Cl)CC(=O)C=C1. The van der Waals surface area contributed by atoms with Gasteiger partial charge in [-0.05, 0) is 12.2 Å². The highest BCUT2D eigenvalue weighted by atomic mass is 35.5. The van der Waals surface area contributed by atoms with Crippen LogP contribution in [-0.4, -0.2) is 18.9 Å². The van der Waals surface area contributed by atoms with E-state index in [1.807, 2.05) is 0 Å². The minimum atomic E-state index is -0.510. The van der Waals surface area contributed by atoms with E-state index in [4.69, 9.17) is 11.6 Å². The number of hydrogen-bond acceptors (Lipinski definition) is 3. The van der Waals surface area contributed by atoms with Crippen LogP contribution in [-0.2, 0) is 14.3 Å². The zero-order chi connectivity index (χ0) is 9.14. The Balaban J connectivity index is 2.91. The number of allylic oxidation sites excluding steroid dienone is 2. The van der Waals surface area contributed by atoms with Gasteiger partial charge in [0.25, 0.3) is 0 Å². The Morgan fingerprint density at radius 3 is 2.75 bits per heavy atom. The van der Waals surface area contributed by atoms with Crippen LogP contribution in [0.25, 0.3) is 0 Å². The fourth-order valence-electron chi connectivity index (χ4n) is 0.863. The lowest BCUT2D eigenvalue weighted by Gasteiger charge is -2.06. The number of hydrogen-bond donors (Lipinski definition) is 0. The number of esters is 1. The number of rotatable bonds is 1. The lowest BCUT2D eigenvalue weighted by molar-refractivity contribution is -0.135. The molecule has 0 amide bonds. The van der Waals surface area contributed by atoms with Crippen molar-refractivity contribution in [2.75, 3.05) is 7.11 Å². The summed E-state index contributed by atoms with van der Waals surface area (Å²) in [7, 11) is 1.27. The lowest BCUT2D eigenvalue weighted by Crippen LogP contribution is -2.09. The van der Waals surface area contributed by atoms with Gasteiger partial charge in [0, 0.05) is 11.5 Å². The summed E-state index contributed by atoms with van der Waals surface area (Å²) in [5.74, 6) is -0.614. The first kappa shape index (κ1) is 9.00. The fraction of sp³-hybridized carbons (Fsp3) is 0.250. The summed E-state index contributed by atoms with van der Waals surface area (Å²) < 4.78 is 4.45. The van der Waals surface area contributed by atoms with E-state index in [1.54, 1.807) is 0 Å². The van der Waals surface area contributed by atoms with E-state index in [0.717, 1.165) is 0 Å².